The minimum Gasteiger partial charge on any atom is -0.495 e. The molecule has 1 aromatic carbocycles. The maximum absolute atomic E-state index is 11.7. The molecular formula is C12H16ClNO4S. The van der Waals surface area contributed by atoms with Gasteiger partial charge in [0.2, 0.25) is 5.91 Å². The van der Waals surface area contributed by atoms with E-state index in [1.807, 2.05) is 6.92 Å². The van der Waals surface area contributed by atoms with E-state index in [0.717, 1.165) is 0 Å². The Morgan fingerprint density at radius 1 is 1.47 bits per heavy atom. The molecular weight excluding hydrogens is 290 g/mol. The highest BCUT2D eigenvalue weighted by molar-refractivity contribution is 8.13. The van der Waals surface area contributed by atoms with E-state index >= 15 is 0 Å². The number of ether oxygens (including phenoxy) is 1. The van der Waals surface area contributed by atoms with Crippen molar-refractivity contribution in [1.82, 2.24) is 0 Å². The molecule has 1 N–H and O–H groups in total. The van der Waals surface area contributed by atoms with Crippen LogP contribution in [0.15, 0.2) is 23.1 Å². The quantitative estimate of drug-likeness (QED) is 0.849. The van der Waals surface area contributed by atoms with Crippen molar-refractivity contribution in [2.75, 3.05) is 12.4 Å². The lowest BCUT2D eigenvalue weighted by molar-refractivity contribution is -0.119. The van der Waals surface area contributed by atoms with E-state index in [-0.39, 0.29) is 22.5 Å². The summed E-state index contributed by atoms with van der Waals surface area (Å²) in [6.45, 7) is 3.69. The van der Waals surface area contributed by atoms with E-state index in [1.54, 1.807) is 13.0 Å². The zero-order valence-electron chi connectivity index (χ0n) is 10.9. The lowest BCUT2D eigenvalue weighted by Crippen LogP contribution is -2.19. The predicted molar refractivity (Wildman–Crippen MR) is 74.1 cm³/mol. The second-order valence-electron chi connectivity index (χ2n) is 4.10. The summed E-state index contributed by atoms with van der Waals surface area (Å²) < 4.78 is 27.8. The zero-order chi connectivity index (χ0) is 14.6. The standard InChI is InChI=1S/C12H16ClNO4S/c1-4-8(2)12(15)14-9-5-6-10(18-3)11(7-9)19(13,16)17/h5-8H,4H2,1-3H3,(H,14,15). The number of hydrogen-bond donors (Lipinski definition) is 1. The third-order valence-electron chi connectivity index (χ3n) is 2.75. The summed E-state index contributed by atoms with van der Waals surface area (Å²) in [5, 5.41) is 2.64. The van der Waals surface area contributed by atoms with Gasteiger partial charge in [-0.2, -0.15) is 0 Å². The SMILES string of the molecule is CCC(C)C(=O)Nc1ccc(OC)c(S(=O)(=O)Cl)c1. The lowest BCUT2D eigenvalue weighted by Gasteiger charge is -2.12. The first-order chi connectivity index (χ1) is 8.79. The van der Waals surface area contributed by atoms with Gasteiger partial charge in [0.05, 0.1) is 7.11 Å². The highest BCUT2D eigenvalue weighted by atomic mass is 35.7. The third kappa shape index (κ3) is 4.11. The summed E-state index contributed by atoms with van der Waals surface area (Å²) in [5.74, 6) is -0.194. The Labute approximate surface area is 117 Å². The van der Waals surface area contributed by atoms with Crippen LogP contribution in [0.5, 0.6) is 5.75 Å². The first-order valence-electron chi connectivity index (χ1n) is 5.73. The summed E-state index contributed by atoms with van der Waals surface area (Å²) in [6.07, 6.45) is 0.697. The molecule has 0 saturated carbocycles. The molecule has 0 fully saturated rings. The van der Waals surface area contributed by atoms with Crippen LogP contribution >= 0.6 is 10.7 Å². The van der Waals surface area contributed by atoms with Gasteiger partial charge in [0.25, 0.3) is 9.05 Å². The summed E-state index contributed by atoms with van der Waals surface area (Å²) in [5.41, 5.74) is 0.366. The van der Waals surface area contributed by atoms with Gasteiger partial charge in [-0.05, 0) is 24.6 Å². The van der Waals surface area contributed by atoms with Gasteiger partial charge in [-0.3, -0.25) is 4.79 Å². The Morgan fingerprint density at radius 2 is 2.11 bits per heavy atom. The molecule has 1 aromatic rings. The average molecular weight is 306 g/mol. The molecule has 1 atom stereocenters. The Balaban J connectivity index is 3.10. The van der Waals surface area contributed by atoms with Gasteiger partial charge in [0, 0.05) is 22.3 Å². The van der Waals surface area contributed by atoms with Gasteiger partial charge < -0.3 is 10.1 Å². The molecule has 1 amide bonds. The van der Waals surface area contributed by atoms with Crippen LogP contribution < -0.4 is 10.1 Å². The Hall–Kier alpha value is -1.27. The van der Waals surface area contributed by atoms with Crippen LogP contribution in [0.3, 0.4) is 0 Å². The molecule has 5 nitrogen and oxygen atoms in total. The minimum absolute atomic E-state index is 0.136. The van der Waals surface area contributed by atoms with Crippen molar-refractivity contribution < 1.29 is 17.9 Å². The first-order valence-corrected chi connectivity index (χ1v) is 8.04. The number of rotatable bonds is 5. The number of benzene rings is 1. The molecule has 19 heavy (non-hydrogen) atoms. The fraction of sp³-hybridized carbons (Fsp3) is 0.417. The van der Waals surface area contributed by atoms with Crippen molar-refractivity contribution in [1.29, 1.82) is 0 Å². The summed E-state index contributed by atoms with van der Waals surface area (Å²) in [4.78, 5) is 11.6. The van der Waals surface area contributed by atoms with E-state index in [4.69, 9.17) is 15.4 Å². The van der Waals surface area contributed by atoms with Crippen molar-refractivity contribution in [3.8, 4) is 5.75 Å². The maximum Gasteiger partial charge on any atom is 0.265 e. The van der Waals surface area contributed by atoms with Crippen molar-refractivity contribution >= 4 is 31.3 Å². The summed E-state index contributed by atoms with van der Waals surface area (Å²) >= 11 is 0. The van der Waals surface area contributed by atoms with Gasteiger partial charge in [0.15, 0.2) is 0 Å². The van der Waals surface area contributed by atoms with Crippen molar-refractivity contribution in [2.45, 2.75) is 25.2 Å². The van der Waals surface area contributed by atoms with Crippen LogP contribution in [0.25, 0.3) is 0 Å². The third-order valence-corrected chi connectivity index (χ3v) is 4.10. The number of halogens is 1. The van der Waals surface area contributed by atoms with E-state index in [1.165, 1.54) is 19.2 Å². The number of hydrogen-bond acceptors (Lipinski definition) is 4. The van der Waals surface area contributed by atoms with Gasteiger partial charge >= 0.3 is 0 Å². The second-order valence-corrected chi connectivity index (χ2v) is 6.64. The Morgan fingerprint density at radius 3 is 2.58 bits per heavy atom. The van der Waals surface area contributed by atoms with Crippen molar-refractivity contribution in [3.05, 3.63) is 18.2 Å². The molecule has 0 radical (unpaired) electrons. The number of nitrogens with one attached hydrogen (secondary N) is 1. The normalized spacial score (nSPS) is 12.8. The van der Waals surface area contributed by atoms with E-state index < -0.39 is 9.05 Å². The highest BCUT2D eigenvalue weighted by Crippen LogP contribution is 2.29. The molecule has 1 unspecified atom stereocenters. The number of anilines is 1. The molecule has 0 saturated heterocycles. The lowest BCUT2D eigenvalue weighted by atomic mass is 10.1. The van der Waals surface area contributed by atoms with Crippen LogP contribution in [-0.2, 0) is 13.8 Å². The number of methoxy groups -OCH3 is 1. The monoisotopic (exact) mass is 305 g/mol. The van der Waals surface area contributed by atoms with E-state index in [0.29, 0.717) is 12.1 Å². The molecule has 0 heterocycles. The second kappa shape index (κ2) is 6.25. The zero-order valence-corrected chi connectivity index (χ0v) is 12.5. The topological polar surface area (TPSA) is 72.5 Å². The van der Waals surface area contributed by atoms with Crippen molar-refractivity contribution in [3.63, 3.8) is 0 Å². The van der Waals surface area contributed by atoms with Gasteiger partial charge in [-0.25, -0.2) is 8.42 Å². The molecule has 7 heteroatoms. The molecule has 0 aromatic heterocycles. The van der Waals surface area contributed by atoms with Crippen molar-refractivity contribution in [2.24, 2.45) is 5.92 Å². The smallest absolute Gasteiger partial charge is 0.265 e. The van der Waals surface area contributed by atoms with E-state index in [9.17, 15) is 13.2 Å². The Kier molecular flexibility index (Phi) is 5.20. The largest absolute Gasteiger partial charge is 0.495 e. The molecule has 1 rings (SSSR count). The fourth-order valence-corrected chi connectivity index (χ4v) is 2.42. The number of carbonyl (C=O) groups excluding carboxylic acids is 1. The van der Waals surface area contributed by atoms with Crippen LogP contribution in [0, 0.1) is 5.92 Å². The highest BCUT2D eigenvalue weighted by Gasteiger charge is 2.18. The fourth-order valence-electron chi connectivity index (χ4n) is 1.40. The Bertz CT molecular complexity index is 571. The number of carbonyl (C=O) groups is 1. The molecule has 0 bridgehead atoms. The summed E-state index contributed by atoms with van der Waals surface area (Å²) in [7, 11) is 2.73. The molecule has 0 aliphatic carbocycles. The van der Waals surface area contributed by atoms with Gasteiger partial charge in [-0.15, -0.1) is 0 Å². The van der Waals surface area contributed by atoms with Gasteiger partial charge in [-0.1, -0.05) is 13.8 Å². The van der Waals surface area contributed by atoms with Crippen LogP contribution in [0.1, 0.15) is 20.3 Å². The van der Waals surface area contributed by atoms with Crippen LogP contribution in [0.4, 0.5) is 5.69 Å². The van der Waals surface area contributed by atoms with E-state index in [2.05, 4.69) is 5.32 Å². The number of amides is 1. The van der Waals surface area contributed by atoms with Crippen LogP contribution in [-0.4, -0.2) is 21.4 Å². The first kappa shape index (κ1) is 15.8. The molecule has 0 aliphatic rings. The maximum atomic E-state index is 11.7. The molecule has 106 valence electrons. The van der Waals surface area contributed by atoms with Gasteiger partial charge in [0.1, 0.15) is 10.6 Å². The predicted octanol–water partition coefficient (Wildman–Crippen LogP) is 2.61. The molecule has 0 spiro atoms. The average Bonchev–Trinajstić information content (AvgIpc) is 2.36. The minimum atomic E-state index is -3.93. The van der Waals surface area contributed by atoms with Crippen LogP contribution in [0.2, 0.25) is 0 Å². The molecule has 0 aliphatic heterocycles. The summed E-state index contributed by atoms with van der Waals surface area (Å²) in [6, 6.07) is 4.29.